The Kier molecular flexibility index (Phi) is 3.61. The first-order valence-corrected chi connectivity index (χ1v) is 5.62. The summed E-state index contributed by atoms with van der Waals surface area (Å²) in [5.41, 5.74) is 1.97. The first-order valence-electron chi connectivity index (χ1n) is 5.62. The van der Waals surface area contributed by atoms with Crippen LogP contribution < -0.4 is 5.32 Å². The van der Waals surface area contributed by atoms with Crippen LogP contribution in [0.1, 0.15) is 26.5 Å². The van der Waals surface area contributed by atoms with Crippen LogP contribution in [0.5, 0.6) is 0 Å². The van der Waals surface area contributed by atoms with E-state index in [1.807, 2.05) is 6.92 Å². The van der Waals surface area contributed by atoms with Crippen molar-refractivity contribution in [3.05, 3.63) is 47.3 Å². The SMILES string of the molecule is COC(=O)c1cccc(NC(=O)c2cc(C)[nH]n2)c1. The molecule has 1 aromatic heterocycles. The molecule has 6 nitrogen and oxygen atoms in total. The Bertz CT molecular complexity index is 619. The molecule has 0 aliphatic rings. The Morgan fingerprint density at radius 3 is 2.74 bits per heavy atom. The van der Waals surface area contributed by atoms with Crippen molar-refractivity contribution >= 4 is 17.6 Å². The molecule has 1 amide bonds. The largest absolute Gasteiger partial charge is 0.465 e. The van der Waals surface area contributed by atoms with Crippen molar-refractivity contribution in [2.75, 3.05) is 12.4 Å². The van der Waals surface area contributed by atoms with Gasteiger partial charge in [0.05, 0.1) is 12.7 Å². The summed E-state index contributed by atoms with van der Waals surface area (Å²) in [6.07, 6.45) is 0. The second kappa shape index (κ2) is 5.34. The zero-order valence-corrected chi connectivity index (χ0v) is 10.6. The lowest BCUT2D eigenvalue weighted by molar-refractivity contribution is 0.0600. The maximum Gasteiger partial charge on any atom is 0.337 e. The van der Waals surface area contributed by atoms with E-state index >= 15 is 0 Å². The second-order valence-corrected chi connectivity index (χ2v) is 3.96. The lowest BCUT2D eigenvalue weighted by atomic mass is 10.2. The van der Waals surface area contributed by atoms with E-state index in [-0.39, 0.29) is 5.91 Å². The van der Waals surface area contributed by atoms with Gasteiger partial charge in [0.1, 0.15) is 0 Å². The van der Waals surface area contributed by atoms with Crippen molar-refractivity contribution in [2.45, 2.75) is 6.92 Å². The van der Waals surface area contributed by atoms with Crippen LogP contribution in [0.3, 0.4) is 0 Å². The Morgan fingerprint density at radius 1 is 1.32 bits per heavy atom. The van der Waals surface area contributed by atoms with Crippen molar-refractivity contribution in [1.82, 2.24) is 10.2 Å². The number of amides is 1. The van der Waals surface area contributed by atoms with E-state index in [0.29, 0.717) is 16.9 Å². The van der Waals surface area contributed by atoms with E-state index in [1.54, 1.807) is 30.3 Å². The van der Waals surface area contributed by atoms with Gasteiger partial charge in [-0.15, -0.1) is 0 Å². The standard InChI is InChI=1S/C13H13N3O3/c1-8-6-11(16-15-8)12(17)14-10-5-3-4-9(7-10)13(18)19-2/h3-7H,1-2H3,(H,14,17)(H,15,16). The van der Waals surface area contributed by atoms with Gasteiger partial charge in [-0.2, -0.15) is 5.10 Å². The van der Waals surface area contributed by atoms with Gasteiger partial charge in [-0.1, -0.05) is 6.07 Å². The van der Waals surface area contributed by atoms with Crippen LogP contribution >= 0.6 is 0 Å². The lowest BCUT2D eigenvalue weighted by Crippen LogP contribution is -2.13. The van der Waals surface area contributed by atoms with Crippen molar-refractivity contribution in [3.8, 4) is 0 Å². The fraction of sp³-hybridized carbons (Fsp3) is 0.154. The fourth-order valence-corrected chi connectivity index (χ4v) is 1.57. The molecule has 0 bridgehead atoms. The normalized spacial score (nSPS) is 10.0. The van der Waals surface area contributed by atoms with E-state index < -0.39 is 5.97 Å². The highest BCUT2D eigenvalue weighted by molar-refractivity contribution is 6.03. The summed E-state index contributed by atoms with van der Waals surface area (Å²) >= 11 is 0. The van der Waals surface area contributed by atoms with Crippen molar-refractivity contribution in [3.63, 3.8) is 0 Å². The third-order valence-corrected chi connectivity index (χ3v) is 2.48. The van der Waals surface area contributed by atoms with Crippen LogP contribution in [0, 0.1) is 6.92 Å². The molecule has 1 heterocycles. The van der Waals surface area contributed by atoms with Gasteiger partial charge in [-0.25, -0.2) is 4.79 Å². The smallest absolute Gasteiger partial charge is 0.337 e. The van der Waals surface area contributed by atoms with Gasteiger partial charge >= 0.3 is 5.97 Å². The number of ether oxygens (including phenoxy) is 1. The van der Waals surface area contributed by atoms with E-state index in [1.165, 1.54) is 7.11 Å². The summed E-state index contributed by atoms with van der Waals surface area (Å²) in [6, 6.07) is 8.14. The zero-order chi connectivity index (χ0) is 13.8. The molecule has 0 aliphatic heterocycles. The summed E-state index contributed by atoms with van der Waals surface area (Å²) in [4.78, 5) is 23.2. The molecule has 19 heavy (non-hydrogen) atoms. The number of methoxy groups -OCH3 is 1. The number of hydrogen-bond donors (Lipinski definition) is 2. The van der Waals surface area contributed by atoms with Gasteiger partial charge in [0.15, 0.2) is 5.69 Å². The molecule has 0 saturated heterocycles. The number of aryl methyl sites for hydroxylation is 1. The molecular formula is C13H13N3O3. The van der Waals surface area contributed by atoms with Crippen molar-refractivity contribution in [1.29, 1.82) is 0 Å². The number of nitrogens with one attached hydrogen (secondary N) is 2. The van der Waals surface area contributed by atoms with Gasteiger partial charge in [-0.3, -0.25) is 9.89 Å². The molecule has 1 aromatic carbocycles. The summed E-state index contributed by atoms with van der Waals surface area (Å²) < 4.78 is 4.62. The van der Waals surface area contributed by atoms with Gasteiger partial charge in [0.2, 0.25) is 0 Å². The minimum Gasteiger partial charge on any atom is -0.465 e. The molecule has 0 atom stereocenters. The molecular weight excluding hydrogens is 246 g/mol. The van der Waals surface area contributed by atoms with E-state index in [9.17, 15) is 9.59 Å². The second-order valence-electron chi connectivity index (χ2n) is 3.96. The number of carbonyl (C=O) groups is 2. The minimum absolute atomic E-state index is 0.293. The average Bonchev–Trinajstić information content (AvgIpc) is 2.85. The number of nitrogens with zero attached hydrogens (tertiary/aromatic N) is 1. The molecule has 98 valence electrons. The number of esters is 1. The number of hydrogen-bond acceptors (Lipinski definition) is 4. The highest BCUT2D eigenvalue weighted by Crippen LogP contribution is 2.12. The molecule has 0 saturated carbocycles. The Labute approximate surface area is 109 Å². The highest BCUT2D eigenvalue weighted by Gasteiger charge is 2.11. The van der Waals surface area contributed by atoms with Gasteiger partial charge in [0, 0.05) is 11.4 Å². The Balaban J connectivity index is 2.15. The number of benzene rings is 1. The van der Waals surface area contributed by atoms with Crippen LogP contribution in [0.15, 0.2) is 30.3 Å². The van der Waals surface area contributed by atoms with E-state index in [4.69, 9.17) is 0 Å². The van der Waals surface area contributed by atoms with Gasteiger partial charge < -0.3 is 10.1 Å². The topological polar surface area (TPSA) is 84.1 Å². The number of aromatic nitrogens is 2. The highest BCUT2D eigenvalue weighted by atomic mass is 16.5. The summed E-state index contributed by atoms with van der Waals surface area (Å²) in [6.45, 7) is 1.81. The van der Waals surface area contributed by atoms with Crippen LogP contribution in [0.2, 0.25) is 0 Å². The molecule has 0 radical (unpaired) electrons. The Morgan fingerprint density at radius 2 is 2.11 bits per heavy atom. The maximum absolute atomic E-state index is 11.9. The third-order valence-electron chi connectivity index (χ3n) is 2.48. The monoisotopic (exact) mass is 259 g/mol. The molecule has 0 fully saturated rings. The molecule has 2 rings (SSSR count). The van der Waals surface area contributed by atoms with Crippen LogP contribution in [-0.2, 0) is 4.74 Å². The molecule has 2 N–H and O–H groups in total. The number of anilines is 1. The summed E-state index contributed by atoms with van der Waals surface area (Å²) in [5, 5.41) is 9.21. The fourth-order valence-electron chi connectivity index (χ4n) is 1.57. The third kappa shape index (κ3) is 2.98. The summed E-state index contributed by atoms with van der Waals surface area (Å²) in [7, 11) is 1.31. The van der Waals surface area contributed by atoms with Crippen molar-refractivity contribution < 1.29 is 14.3 Å². The number of rotatable bonds is 3. The van der Waals surface area contributed by atoms with Crippen LogP contribution in [0.4, 0.5) is 5.69 Å². The van der Waals surface area contributed by atoms with Crippen molar-refractivity contribution in [2.24, 2.45) is 0 Å². The first kappa shape index (κ1) is 12.8. The maximum atomic E-state index is 11.9. The number of H-pyrrole nitrogens is 1. The molecule has 6 heteroatoms. The van der Waals surface area contributed by atoms with Crippen LogP contribution in [-0.4, -0.2) is 29.2 Å². The van der Waals surface area contributed by atoms with E-state index in [2.05, 4.69) is 20.3 Å². The molecule has 0 unspecified atom stereocenters. The molecule has 0 aliphatic carbocycles. The van der Waals surface area contributed by atoms with E-state index in [0.717, 1.165) is 5.69 Å². The minimum atomic E-state index is -0.452. The number of carbonyl (C=O) groups excluding carboxylic acids is 2. The van der Waals surface area contributed by atoms with Gasteiger partial charge in [0.25, 0.3) is 5.91 Å². The van der Waals surface area contributed by atoms with Crippen LogP contribution in [0.25, 0.3) is 0 Å². The number of aromatic amines is 1. The predicted molar refractivity (Wildman–Crippen MR) is 69.1 cm³/mol. The first-order chi connectivity index (χ1) is 9.10. The predicted octanol–water partition coefficient (Wildman–Crippen LogP) is 1.76. The molecule has 2 aromatic rings. The average molecular weight is 259 g/mol. The van der Waals surface area contributed by atoms with Gasteiger partial charge in [-0.05, 0) is 31.2 Å². The molecule has 0 spiro atoms. The lowest BCUT2D eigenvalue weighted by Gasteiger charge is -2.05. The quantitative estimate of drug-likeness (QED) is 0.822. The Hall–Kier alpha value is -2.63. The zero-order valence-electron chi connectivity index (χ0n) is 10.6. The summed E-state index contributed by atoms with van der Waals surface area (Å²) in [5.74, 6) is -0.793.